The van der Waals surface area contributed by atoms with Crippen LogP contribution in [0.4, 0.5) is 13.2 Å². The van der Waals surface area contributed by atoms with Crippen LogP contribution in [0.5, 0.6) is 0 Å². The number of hydrogen-bond acceptors (Lipinski definition) is 4. The second kappa shape index (κ2) is 7.64. The molecule has 7 heteroatoms. The molecule has 1 aromatic rings. The monoisotopic (exact) mass is 322 g/mol. The number of esters is 1. The number of rotatable bonds is 5. The van der Waals surface area contributed by atoms with E-state index in [1.165, 1.54) is 6.07 Å². The smallest absolute Gasteiger partial charge is 0.416 e. The molecule has 0 spiro atoms. The van der Waals surface area contributed by atoms with Crippen molar-refractivity contribution in [2.45, 2.75) is 19.5 Å². The van der Waals surface area contributed by atoms with Crippen LogP contribution in [-0.2, 0) is 22.1 Å². The lowest BCUT2D eigenvalue weighted by Gasteiger charge is -2.09. The van der Waals surface area contributed by atoms with Gasteiger partial charge in [0.05, 0.1) is 22.1 Å². The number of hydrogen-bond donors (Lipinski definition) is 0. The topological polar surface area (TPSA) is 26.3 Å². The number of thioether (sulfide) groups is 1. The Labute approximate surface area is 124 Å². The van der Waals surface area contributed by atoms with Gasteiger partial charge in [0.15, 0.2) is 0 Å². The quantitative estimate of drug-likeness (QED) is 0.607. The van der Waals surface area contributed by atoms with E-state index in [1.807, 2.05) is 0 Å². The van der Waals surface area contributed by atoms with Gasteiger partial charge < -0.3 is 4.74 Å². The molecule has 0 radical (unpaired) electrons. The highest BCUT2D eigenvalue weighted by Gasteiger charge is 2.30. The largest absolute Gasteiger partial charge is 0.465 e. The lowest BCUT2D eigenvalue weighted by molar-refractivity contribution is -0.140. The summed E-state index contributed by atoms with van der Waals surface area (Å²) in [4.78, 5) is 11.1. The van der Waals surface area contributed by atoms with Gasteiger partial charge >= 0.3 is 12.1 Å². The Kier molecular flexibility index (Phi) is 6.48. The molecular formula is C13H13F3O2S2. The first kappa shape index (κ1) is 17.0. The maximum atomic E-state index is 12.5. The van der Waals surface area contributed by atoms with Gasteiger partial charge in [-0.15, -0.1) is 11.8 Å². The van der Waals surface area contributed by atoms with Gasteiger partial charge in [0, 0.05) is 6.42 Å². The highest BCUT2D eigenvalue weighted by Crippen LogP contribution is 2.29. The zero-order valence-electron chi connectivity index (χ0n) is 10.7. The van der Waals surface area contributed by atoms with E-state index in [-0.39, 0.29) is 18.1 Å². The molecule has 0 N–H and O–H groups in total. The SMILES string of the molecule is CCOC(=O)CSC(=S)Cc1cccc(C(F)(F)F)c1. The normalized spacial score (nSPS) is 11.2. The van der Waals surface area contributed by atoms with Crippen molar-refractivity contribution < 1.29 is 22.7 Å². The van der Waals surface area contributed by atoms with E-state index in [0.29, 0.717) is 16.4 Å². The van der Waals surface area contributed by atoms with Gasteiger partial charge in [-0.05, 0) is 18.6 Å². The highest BCUT2D eigenvalue weighted by atomic mass is 32.2. The molecule has 1 aromatic carbocycles. The number of carbonyl (C=O) groups is 1. The third-order valence-electron chi connectivity index (χ3n) is 2.26. The Bertz CT molecular complexity index is 487. The van der Waals surface area contributed by atoms with Crippen molar-refractivity contribution in [1.29, 1.82) is 0 Å². The molecule has 0 aromatic heterocycles. The molecule has 0 bridgehead atoms. The molecule has 0 heterocycles. The van der Waals surface area contributed by atoms with Gasteiger partial charge in [-0.25, -0.2) is 0 Å². The van der Waals surface area contributed by atoms with E-state index in [0.717, 1.165) is 23.9 Å². The molecule has 0 saturated carbocycles. The van der Waals surface area contributed by atoms with Crippen molar-refractivity contribution in [1.82, 2.24) is 0 Å². The van der Waals surface area contributed by atoms with Crippen LogP contribution in [-0.4, -0.2) is 22.5 Å². The van der Waals surface area contributed by atoms with Crippen LogP contribution in [0.3, 0.4) is 0 Å². The van der Waals surface area contributed by atoms with Gasteiger partial charge in [0.25, 0.3) is 0 Å². The van der Waals surface area contributed by atoms with Crippen molar-refractivity contribution in [2.75, 3.05) is 12.4 Å². The van der Waals surface area contributed by atoms with Crippen LogP contribution in [0.1, 0.15) is 18.1 Å². The summed E-state index contributed by atoms with van der Waals surface area (Å²) >= 11 is 6.16. The molecule has 0 atom stereocenters. The number of benzene rings is 1. The predicted molar refractivity (Wildman–Crippen MR) is 76.8 cm³/mol. The van der Waals surface area contributed by atoms with E-state index in [9.17, 15) is 18.0 Å². The number of ether oxygens (including phenoxy) is 1. The summed E-state index contributed by atoms with van der Waals surface area (Å²) in [5.74, 6) is -0.310. The van der Waals surface area contributed by atoms with Crippen LogP contribution in [0.15, 0.2) is 24.3 Å². The first-order valence-corrected chi connectivity index (χ1v) is 7.19. The van der Waals surface area contributed by atoms with Crippen molar-refractivity contribution in [3.8, 4) is 0 Å². The van der Waals surface area contributed by atoms with Gasteiger partial charge in [-0.1, -0.05) is 30.4 Å². The third kappa shape index (κ3) is 5.92. The molecule has 0 unspecified atom stereocenters. The average Bonchev–Trinajstić information content (AvgIpc) is 2.36. The average molecular weight is 322 g/mol. The van der Waals surface area contributed by atoms with Gasteiger partial charge in [0.2, 0.25) is 0 Å². The van der Waals surface area contributed by atoms with Crippen molar-refractivity contribution >= 4 is 34.1 Å². The van der Waals surface area contributed by atoms with Gasteiger partial charge in [-0.3, -0.25) is 4.79 Å². The number of carbonyl (C=O) groups excluding carboxylic acids is 1. The van der Waals surface area contributed by atoms with Gasteiger partial charge in [-0.2, -0.15) is 13.2 Å². The molecule has 0 aliphatic carbocycles. The van der Waals surface area contributed by atoms with E-state index < -0.39 is 11.7 Å². The fourth-order valence-corrected chi connectivity index (χ4v) is 2.39. The molecule has 0 amide bonds. The van der Waals surface area contributed by atoms with Crippen LogP contribution in [0.25, 0.3) is 0 Å². The van der Waals surface area contributed by atoms with E-state index >= 15 is 0 Å². The molecule has 20 heavy (non-hydrogen) atoms. The molecular weight excluding hydrogens is 309 g/mol. The fourth-order valence-electron chi connectivity index (χ4n) is 1.42. The Morgan fingerprint density at radius 1 is 1.40 bits per heavy atom. The zero-order chi connectivity index (χ0) is 15.2. The van der Waals surface area contributed by atoms with Crippen LogP contribution in [0.2, 0.25) is 0 Å². The third-order valence-corrected chi connectivity index (χ3v) is 3.60. The Morgan fingerprint density at radius 2 is 2.10 bits per heavy atom. The predicted octanol–water partition coefficient (Wildman–Crippen LogP) is 3.87. The first-order valence-electron chi connectivity index (χ1n) is 5.80. The Balaban J connectivity index is 2.56. The second-order valence-electron chi connectivity index (χ2n) is 3.84. The molecule has 0 fully saturated rings. The molecule has 110 valence electrons. The lowest BCUT2D eigenvalue weighted by Crippen LogP contribution is -2.09. The molecule has 0 aliphatic heterocycles. The minimum Gasteiger partial charge on any atom is -0.465 e. The fraction of sp³-hybridized carbons (Fsp3) is 0.385. The molecule has 0 saturated heterocycles. The molecule has 0 aliphatic rings. The highest BCUT2D eigenvalue weighted by molar-refractivity contribution is 8.23. The zero-order valence-corrected chi connectivity index (χ0v) is 12.3. The summed E-state index contributed by atoms with van der Waals surface area (Å²) in [6, 6.07) is 5.00. The maximum Gasteiger partial charge on any atom is 0.416 e. The van der Waals surface area contributed by atoms with E-state index in [2.05, 4.69) is 0 Å². The van der Waals surface area contributed by atoms with E-state index in [1.54, 1.807) is 13.0 Å². The minimum absolute atomic E-state index is 0.0750. The maximum absolute atomic E-state index is 12.5. The summed E-state index contributed by atoms with van der Waals surface area (Å²) in [6.45, 7) is 1.99. The van der Waals surface area contributed by atoms with Crippen LogP contribution >= 0.6 is 24.0 Å². The number of thiocarbonyl (C=S) groups is 1. The number of alkyl halides is 3. The molecule has 2 nitrogen and oxygen atoms in total. The molecule has 1 rings (SSSR count). The number of halogens is 3. The van der Waals surface area contributed by atoms with E-state index in [4.69, 9.17) is 17.0 Å². The van der Waals surface area contributed by atoms with Crippen molar-refractivity contribution in [2.24, 2.45) is 0 Å². The Morgan fingerprint density at radius 3 is 2.70 bits per heavy atom. The first-order chi connectivity index (χ1) is 9.32. The summed E-state index contributed by atoms with van der Waals surface area (Å²) in [5.41, 5.74) is -0.227. The lowest BCUT2D eigenvalue weighted by atomic mass is 10.1. The summed E-state index contributed by atoms with van der Waals surface area (Å²) < 4.78 is 42.8. The van der Waals surface area contributed by atoms with Gasteiger partial charge in [0.1, 0.15) is 0 Å². The van der Waals surface area contributed by atoms with Crippen molar-refractivity contribution in [3.63, 3.8) is 0 Å². The van der Waals surface area contributed by atoms with Crippen molar-refractivity contribution in [3.05, 3.63) is 35.4 Å². The van der Waals surface area contributed by atoms with Crippen LogP contribution in [0, 0.1) is 0 Å². The van der Waals surface area contributed by atoms with Crippen LogP contribution < -0.4 is 0 Å². The standard InChI is InChI=1S/C13H13F3O2S2/c1-2-18-11(17)8-20-12(19)7-9-4-3-5-10(6-9)13(14,15)16/h3-6H,2,7-8H2,1H3. The minimum atomic E-state index is -4.37. The second-order valence-corrected chi connectivity index (χ2v) is 5.66. The summed E-state index contributed by atoms with van der Waals surface area (Å²) in [7, 11) is 0. The Hall–Kier alpha value is -1.08. The summed E-state index contributed by atoms with van der Waals surface area (Å²) in [6.07, 6.45) is -4.15. The summed E-state index contributed by atoms with van der Waals surface area (Å²) in [5, 5.41) is 0.